The highest BCUT2D eigenvalue weighted by molar-refractivity contribution is 5.30. The van der Waals surface area contributed by atoms with Gasteiger partial charge in [-0.3, -0.25) is 0 Å². The molecule has 0 saturated carbocycles. The van der Waals surface area contributed by atoms with Crippen LogP contribution in [0.25, 0.3) is 0 Å². The molecule has 1 N–H and O–H groups in total. The second-order valence-corrected chi connectivity index (χ2v) is 5.48. The zero-order valence-corrected chi connectivity index (χ0v) is 12.4. The molecule has 0 spiro atoms. The molecule has 2 nitrogen and oxygen atoms in total. The van der Waals surface area contributed by atoms with E-state index in [1.807, 2.05) is 6.07 Å². The second kappa shape index (κ2) is 7.42. The maximum Gasteiger partial charge on any atom is 0.120 e. The minimum Gasteiger partial charge on any atom is -0.491 e. The molecule has 0 aromatic heterocycles. The Bertz CT molecular complexity index is 347. The van der Waals surface area contributed by atoms with Crippen molar-refractivity contribution in [1.29, 1.82) is 0 Å². The van der Waals surface area contributed by atoms with Gasteiger partial charge in [0.1, 0.15) is 5.75 Å². The lowest BCUT2D eigenvalue weighted by Crippen LogP contribution is -2.22. The Kier molecular flexibility index (Phi) is 6.20. The van der Waals surface area contributed by atoms with Crippen molar-refractivity contribution >= 4 is 0 Å². The van der Waals surface area contributed by atoms with E-state index in [-0.39, 0.29) is 6.10 Å². The quantitative estimate of drug-likeness (QED) is 0.783. The lowest BCUT2D eigenvalue weighted by atomic mass is 9.97. The van der Waals surface area contributed by atoms with Gasteiger partial charge in [0.25, 0.3) is 0 Å². The highest BCUT2D eigenvalue weighted by Crippen LogP contribution is 2.25. The lowest BCUT2D eigenvalue weighted by molar-refractivity contribution is 0.242. The summed E-state index contributed by atoms with van der Waals surface area (Å²) in [6.45, 7) is 11.8. The fourth-order valence-electron chi connectivity index (χ4n) is 2.13. The number of hydrogen-bond acceptors (Lipinski definition) is 2. The fraction of sp³-hybridized carbons (Fsp3) is 0.625. The fourth-order valence-corrected chi connectivity index (χ4v) is 2.13. The summed E-state index contributed by atoms with van der Waals surface area (Å²) in [6.07, 6.45) is 1.38. The Morgan fingerprint density at radius 1 is 1.17 bits per heavy atom. The van der Waals surface area contributed by atoms with E-state index in [1.54, 1.807) is 0 Å². The SMILES string of the molecule is CCNC(CC(C)C)c1cccc(OC(C)C)c1. The molecular weight excluding hydrogens is 222 g/mol. The van der Waals surface area contributed by atoms with Crippen LogP contribution in [0.3, 0.4) is 0 Å². The molecule has 0 heterocycles. The zero-order valence-electron chi connectivity index (χ0n) is 12.4. The predicted molar refractivity (Wildman–Crippen MR) is 78.1 cm³/mol. The van der Waals surface area contributed by atoms with Crippen molar-refractivity contribution in [1.82, 2.24) is 5.32 Å². The van der Waals surface area contributed by atoms with Gasteiger partial charge in [-0.25, -0.2) is 0 Å². The van der Waals surface area contributed by atoms with Crippen LogP contribution < -0.4 is 10.1 Å². The van der Waals surface area contributed by atoms with Gasteiger partial charge in [0.2, 0.25) is 0 Å². The maximum absolute atomic E-state index is 5.76. The molecule has 2 heteroatoms. The first-order valence-corrected chi connectivity index (χ1v) is 7.03. The molecule has 0 aliphatic carbocycles. The normalized spacial score (nSPS) is 13.1. The van der Waals surface area contributed by atoms with E-state index >= 15 is 0 Å². The summed E-state index contributed by atoms with van der Waals surface area (Å²) < 4.78 is 5.76. The van der Waals surface area contributed by atoms with Gasteiger partial charge < -0.3 is 10.1 Å². The van der Waals surface area contributed by atoms with Crippen LogP contribution in [0.5, 0.6) is 5.75 Å². The molecule has 1 rings (SSSR count). The number of ether oxygens (including phenoxy) is 1. The van der Waals surface area contributed by atoms with E-state index in [9.17, 15) is 0 Å². The molecule has 1 aromatic rings. The molecule has 0 aliphatic rings. The van der Waals surface area contributed by atoms with Crippen LogP contribution in [0.4, 0.5) is 0 Å². The predicted octanol–water partition coefficient (Wildman–Crippen LogP) is 4.17. The lowest BCUT2D eigenvalue weighted by Gasteiger charge is -2.21. The van der Waals surface area contributed by atoms with Gasteiger partial charge in [0, 0.05) is 6.04 Å². The van der Waals surface area contributed by atoms with Crippen molar-refractivity contribution in [3.63, 3.8) is 0 Å². The first-order chi connectivity index (χ1) is 8.52. The minimum atomic E-state index is 0.225. The first-order valence-electron chi connectivity index (χ1n) is 7.03. The maximum atomic E-state index is 5.76. The van der Waals surface area contributed by atoms with Crippen molar-refractivity contribution in [3.8, 4) is 5.75 Å². The van der Waals surface area contributed by atoms with Crippen LogP contribution >= 0.6 is 0 Å². The highest BCUT2D eigenvalue weighted by Gasteiger charge is 2.13. The van der Waals surface area contributed by atoms with Crippen LogP contribution in [0.1, 0.15) is 52.6 Å². The minimum absolute atomic E-state index is 0.225. The Hall–Kier alpha value is -1.02. The third-order valence-corrected chi connectivity index (χ3v) is 2.79. The summed E-state index contributed by atoms with van der Waals surface area (Å²) in [7, 11) is 0. The number of benzene rings is 1. The van der Waals surface area contributed by atoms with Crippen molar-refractivity contribution in [2.45, 2.75) is 53.2 Å². The van der Waals surface area contributed by atoms with E-state index in [2.05, 4.69) is 58.1 Å². The van der Waals surface area contributed by atoms with Gasteiger partial charge in [-0.2, -0.15) is 0 Å². The largest absolute Gasteiger partial charge is 0.491 e. The molecular formula is C16H27NO. The summed E-state index contributed by atoms with van der Waals surface area (Å²) in [5, 5.41) is 3.56. The van der Waals surface area contributed by atoms with E-state index in [1.165, 1.54) is 5.56 Å². The zero-order chi connectivity index (χ0) is 13.5. The second-order valence-electron chi connectivity index (χ2n) is 5.48. The summed E-state index contributed by atoms with van der Waals surface area (Å²) in [4.78, 5) is 0. The molecule has 0 saturated heterocycles. The van der Waals surface area contributed by atoms with Crippen LogP contribution in [0, 0.1) is 5.92 Å². The molecule has 0 fully saturated rings. The third-order valence-electron chi connectivity index (χ3n) is 2.79. The van der Waals surface area contributed by atoms with Gasteiger partial charge in [-0.05, 0) is 50.4 Å². The van der Waals surface area contributed by atoms with E-state index in [4.69, 9.17) is 4.74 Å². The van der Waals surface area contributed by atoms with Crippen LogP contribution in [0.15, 0.2) is 24.3 Å². The van der Waals surface area contributed by atoms with Crippen LogP contribution in [-0.4, -0.2) is 12.6 Å². The molecule has 0 radical (unpaired) electrons. The first kappa shape index (κ1) is 15.0. The van der Waals surface area contributed by atoms with Gasteiger partial charge >= 0.3 is 0 Å². The molecule has 1 aromatic carbocycles. The van der Waals surface area contributed by atoms with E-state index < -0.39 is 0 Å². The smallest absolute Gasteiger partial charge is 0.120 e. The van der Waals surface area contributed by atoms with Crippen molar-refractivity contribution in [3.05, 3.63) is 29.8 Å². The summed E-state index contributed by atoms with van der Waals surface area (Å²) in [5.74, 6) is 1.65. The van der Waals surface area contributed by atoms with Gasteiger partial charge in [0.15, 0.2) is 0 Å². The standard InChI is InChI=1S/C16H27NO/c1-6-17-16(10-12(2)3)14-8-7-9-15(11-14)18-13(4)5/h7-9,11-13,16-17H,6,10H2,1-5H3. The average Bonchev–Trinajstić information content (AvgIpc) is 2.27. The molecule has 0 bridgehead atoms. The van der Waals surface area contributed by atoms with E-state index in [0.29, 0.717) is 12.0 Å². The van der Waals surface area contributed by atoms with Crippen LogP contribution in [-0.2, 0) is 0 Å². The monoisotopic (exact) mass is 249 g/mol. The third kappa shape index (κ3) is 5.09. The van der Waals surface area contributed by atoms with E-state index in [0.717, 1.165) is 18.7 Å². The highest BCUT2D eigenvalue weighted by atomic mass is 16.5. The summed E-state index contributed by atoms with van der Waals surface area (Å²) in [6, 6.07) is 8.88. The summed E-state index contributed by atoms with van der Waals surface area (Å²) in [5.41, 5.74) is 1.32. The Morgan fingerprint density at radius 3 is 2.44 bits per heavy atom. The Labute approximate surface area is 112 Å². The molecule has 1 unspecified atom stereocenters. The van der Waals surface area contributed by atoms with Gasteiger partial charge in [-0.1, -0.05) is 32.9 Å². The number of hydrogen-bond donors (Lipinski definition) is 1. The van der Waals surface area contributed by atoms with Crippen molar-refractivity contribution in [2.24, 2.45) is 5.92 Å². The average molecular weight is 249 g/mol. The van der Waals surface area contributed by atoms with Crippen LogP contribution in [0.2, 0.25) is 0 Å². The number of rotatable bonds is 7. The molecule has 102 valence electrons. The molecule has 0 aliphatic heterocycles. The topological polar surface area (TPSA) is 21.3 Å². The van der Waals surface area contributed by atoms with Gasteiger partial charge in [-0.15, -0.1) is 0 Å². The molecule has 0 amide bonds. The Morgan fingerprint density at radius 2 is 1.89 bits per heavy atom. The summed E-state index contributed by atoms with van der Waals surface area (Å²) >= 11 is 0. The number of nitrogens with one attached hydrogen (secondary N) is 1. The molecule has 1 atom stereocenters. The van der Waals surface area contributed by atoms with Crippen molar-refractivity contribution in [2.75, 3.05) is 6.54 Å². The molecule has 18 heavy (non-hydrogen) atoms. The Balaban J connectivity index is 2.83. The van der Waals surface area contributed by atoms with Crippen molar-refractivity contribution < 1.29 is 4.74 Å². The van der Waals surface area contributed by atoms with Gasteiger partial charge in [0.05, 0.1) is 6.10 Å².